The Kier molecular flexibility index (Phi) is 4.19. The molecular weight excluding hydrogens is 206 g/mol. The maximum absolute atomic E-state index is 9.57. The van der Waals surface area contributed by atoms with Crippen LogP contribution < -0.4 is 0 Å². The number of ether oxygens (including phenoxy) is 2. The van der Waals surface area contributed by atoms with E-state index in [1.54, 1.807) is 0 Å². The molecule has 2 heterocycles. The van der Waals surface area contributed by atoms with Crippen molar-refractivity contribution < 1.29 is 14.6 Å². The van der Waals surface area contributed by atoms with Gasteiger partial charge in [0, 0.05) is 31.2 Å². The number of rotatable bonds is 4. The SMILES string of the molecule is CCC1COCCN1CC1(CO)CCOC1. The first-order valence-electron chi connectivity index (χ1n) is 6.30. The Labute approximate surface area is 97.5 Å². The van der Waals surface area contributed by atoms with Crippen molar-refractivity contribution in [3.8, 4) is 0 Å². The molecule has 0 spiro atoms. The molecule has 0 radical (unpaired) electrons. The minimum absolute atomic E-state index is 0.0231. The van der Waals surface area contributed by atoms with E-state index in [1.807, 2.05) is 0 Å². The van der Waals surface area contributed by atoms with Gasteiger partial charge in [-0.15, -0.1) is 0 Å². The topological polar surface area (TPSA) is 41.9 Å². The molecule has 0 aromatic heterocycles. The third kappa shape index (κ3) is 2.56. The third-order valence-electron chi connectivity index (χ3n) is 3.88. The van der Waals surface area contributed by atoms with Gasteiger partial charge in [-0.25, -0.2) is 0 Å². The second kappa shape index (κ2) is 5.45. The van der Waals surface area contributed by atoms with E-state index < -0.39 is 0 Å². The molecule has 2 aliphatic rings. The Hall–Kier alpha value is -0.160. The highest BCUT2D eigenvalue weighted by Crippen LogP contribution is 2.30. The Bertz CT molecular complexity index is 216. The van der Waals surface area contributed by atoms with E-state index in [0.29, 0.717) is 12.6 Å². The molecule has 2 atom stereocenters. The molecule has 2 unspecified atom stereocenters. The van der Waals surface area contributed by atoms with E-state index in [-0.39, 0.29) is 12.0 Å². The van der Waals surface area contributed by atoms with Crippen molar-refractivity contribution in [3.63, 3.8) is 0 Å². The van der Waals surface area contributed by atoms with Crippen molar-refractivity contribution in [3.05, 3.63) is 0 Å². The highest BCUT2D eigenvalue weighted by Gasteiger charge is 2.38. The molecule has 4 heteroatoms. The van der Waals surface area contributed by atoms with Gasteiger partial charge in [0.25, 0.3) is 0 Å². The molecule has 94 valence electrons. The van der Waals surface area contributed by atoms with Crippen LogP contribution in [-0.2, 0) is 9.47 Å². The van der Waals surface area contributed by atoms with Crippen molar-refractivity contribution in [2.75, 3.05) is 46.1 Å². The molecule has 1 N–H and O–H groups in total. The highest BCUT2D eigenvalue weighted by atomic mass is 16.5. The lowest BCUT2D eigenvalue weighted by Crippen LogP contribution is -2.51. The van der Waals surface area contributed by atoms with E-state index in [4.69, 9.17) is 9.47 Å². The van der Waals surface area contributed by atoms with E-state index in [2.05, 4.69) is 11.8 Å². The fourth-order valence-corrected chi connectivity index (χ4v) is 2.65. The summed E-state index contributed by atoms with van der Waals surface area (Å²) in [6.07, 6.45) is 2.10. The molecule has 2 saturated heterocycles. The molecule has 2 aliphatic heterocycles. The van der Waals surface area contributed by atoms with Gasteiger partial charge in [0.2, 0.25) is 0 Å². The zero-order chi connectivity index (χ0) is 11.4. The van der Waals surface area contributed by atoms with Gasteiger partial charge < -0.3 is 14.6 Å². The van der Waals surface area contributed by atoms with E-state index in [0.717, 1.165) is 45.8 Å². The second-order valence-corrected chi connectivity index (χ2v) is 5.07. The summed E-state index contributed by atoms with van der Waals surface area (Å²) in [6.45, 7) is 7.52. The Morgan fingerprint density at radius 1 is 1.38 bits per heavy atom. The lowest BCUT2D eigenvalue weighted by atomic mass is 9.87. The van der Waals surface area contributed by atoms with E-state index in [9.17, 15) is 5.11 Å². The fraction of sp³-hybridized carbons (Fsp3) is 1.00. The molecule has 0 saturated carbocycles. The maximum atomic E-state index is 9.57. The summed E-state index contributed by atoms with van der Waals surface area (Å²) >= 11 is 0. The van der Waals surface area contributed by atoms with Crippen LogP contribution in [0.1, 0.15) is 19.8 Å². The Morgan fingerprint density at radius 2 is 2.25 bits per heavy atom. The fourth-order valence-electron chi connectivity index (χ4n) is 2.65. The molecule has 0 aliphatic carbocycles. The average Bonchev–Trinajstić information content (AvgIpc) is 2.79. The monoisotopic (exact) mass is 229 g/mol. The van der Waals surface area contributed by atoms with Crippen molar-refractivity contribution in [2.24, 2.45) is 5.41 Å². The van der Waals surface area contributed by atoms with E-state index >= 15 is 0 Å². The minimum Gasteiger partial charge on any atom is -0.396 e. The number of nitrogens with zero attached hydrogens (tertiary/aromatic N) is 1. The lowest BCUT2D eigenvalue weighted by molar-refractivity contribution is -0.0391. The normalized spacial score (nSPS) is 36.8. The minimum atomic E-state index is -0.0231. The van der Waals surface area contributed by atoms with Crippen molar-refractivity contribution >= 4 is 0 Å². The summed E-state index contributed by atoms with van der Waals surface area (Å²) in [7, 11) is 0. The van der Waals surface area contributed by atoms with Crippen LogP contribution in [0, 0.1) is 5.41 Å². The number of aliphatic hydroxyl groups excluding tert-OH is 1. The number of hydrogen-bond acceptors (Lipinski definition) is 4. The van der Waals surface area contributed by atoms with Gasteiger partial charge in [-0.1, -0.05) is 6.92 Å². The molecule has 16 heavy (non-hydrogen) atoms. The molecule has 2 fully saturated rings. The number of hydrogen-bond donors (Lipinski definition) is 1. The van der Waals surface area contributed by atoms with Gasteiger partial charge in [-0.05, 0) is 12.8 Å². The standard InChI is InChI=1S/C12H23NO3/c1-2-11-7-15-6-4-13(11)8-12(9-14)3-5-16-10-12/h11,14H,2-10H2,1H3. The first-order valence-corrected chi connectivity index (χ1v) is 6.30. The summed E-state index contributed by atoms with van der Waals surface area (Å²) < 4.78 is 10.9. The smallest absolute Gasteiger partial charge is 0.0622 e. The van der Waals surface area contributed by atoms with Crippen LogP contribution in [0.2, 0.25) is 0 Å². The van der Waals surface area contributed by atoms with Crippen LogP contribution in [0.3, 0.4) is 0 Å². The molecule has 0 bridgehead atoms. The molecule has 0 aromatic carbocycles. The summed E-state index contributed by atoms with van der Waals surface area (Å²) in [4.78, 5) is 2.47. The lowest BCUT2D eigenvalue weighted by Gasteiger charge is -2.40. The predicted octanol–water partition coefficient (Wildman–Crippen LogP) is 0.496. The summed E-state index contributed by atoms with van der Waals surface area (Å²) in [5, 5.41) is 9.57. The highest BCUT2D eigenvalue weighted by molar-refractivity contribution is 4.88. The zero-order valence-corrected chi connectivity index (χ0v) is 10.2. The largest absolute Gasteiger partial charge is 0.396 e. The number of morpholine rings is 1. The summed E-state index contributed by atoms with van der Waals surface area (Å²) in [5.74, 6) is 0. The van der Waals surface area contributed by atoms with Crippen molar-refractivity contribution in [1.82, 2.24) is 4.90 Å². The van der Waals surface area contributed by atoms with Crippen molar-refractivity contribution in [1.29, 1.82) is 0 Å². The van der Waals surface area contributed by atoms with Crippen LogP contribution in [-0.4, -0.2) is 62.2 Å². The van der Waals surface area contributed by atoms with Crippen LogP contribution >= 0.6 is 0 Å². The van der Waals surface area contributed by atoms with Crippen LogP contribution in [0.4, 0.5) is 0 Å². The molecule has 2 rings (SSSR count). The van der Waals surface area contributed by atoms with Gasteiger partial charge in [-0.3, -0.25) is 4.90 Å². The first kappa shape index (κ1) is 12.3. The number of aliphatic hydroxyl groups is 1. The zero-order valence-electron chi connectivity index (χ0n) is 10.2. The van der Waals surface area contributed by atoms with Crippen molar-refractivity contribution in [2.45, 2.75) is 25.8 Å². The Morgan fingerprint density at radius 3 is 2.88 bits per heavy atom. The first-order chi connectivity index (χ1) is 7.79. The second-order valence-electron chi connectivity index (χ2n) is 5.07. The molecule has 0 amide bonds. The quantitative estimate of drug-likeness (QED) is 0.762. The van der Waals surface area contributed by atoms with Gasteiger partial charge in [0.05, 0.1) is 26.4 Å². The van der Waals surface area contributed by atoms with E-state index in [1.165, 1.54) is 0 Å². The van der Waals surface area contributed by atoms with Crippen LogP contribution in [0.15, 0.2) is 0 Å². The summed E-state index contributed by atoms with van der Waals surface area (Å²) in [5.41, 5.74) is -0.0231. The average molecular weight is 229 g/mol. The van der Waals surface area contributed by atoms with Gasteiger partial charge in [0.15, 0.2) is 0 Å². The van der Waals surface area contributed by atoms with Crippen LogP contribution in [0.5, 0.6) is 0 Å². The van der Waals surface area contributed by atoms with Gasteiger partial charge in [0.1, 0.15) is 0 Å². The van der Waals surface area contributed by atoms with Gasteiger partial charge >= 0.3 is 0 Å². The molecule has 4 nitrogen and oxygen atoms in total. The Balaban J connectivity index is 1.95. The molecular formula is C12H23NO3. The predicted molar refractivity (Wildman–Crippen MR) is 61.4 cm³/mol. The van der Waals surface area contributed by atoms with Gasteiger partial charge in [-0.2, -0.15) is 0 Å². The molecule has 0 aromatic rings. The third-order valence-corrected chi connectivity index (χ3v) is 3.88. The van der Waals surface area contributed by atoms with Crippen LogP contribution in [0.25, 0.3) is 0 Å². The maximum Gasteiger partial charge on any atom is 0.0622 e. The summed E-state index contributed by atoms with van der Waals surface area (Å²) in [6, 6.07) is 0.512.